The second-order valence-electron chi connectivity index (χ2n) is 6.28. The zero-order valence-electron chi connectivity index (χ0n) is 12.9. The molecule has 118 valence electrons. The average Bonchev–Trinajstić information content (AvgIpc) is 2.42. The highest BCUT2D eigenvalue weighted by molar-refractivity contribution is 5.46. The molecule has 4 heteroatoms. The molecule has 3 unspecified atom stereocenters. The molecule has 0 heterocycles. The highest BCUT2D eigenvalue weighted by atomic mass is 19.1. The van der Waals surface area contributed by atoms with Crippen LogP contribution in [0.4, 0.5) is 10.1 Å². The van der Waals surface area contributed by atoms with Crippen LogP contribution in [0.3, 0.4) is 0 Å². The number of benzene rings is 1. The van der Waals surface area contributed by atoms with Gasteiger partial charge in [0.2, 0.25) is 0 Å². The van der Waals surface area contributed by atoms with Crippen molar-refractivity contribution in [3.63, 3.8) is 0 Å². The summed E-state index contributed by atoms with van der Waals surface area (Å²) in [5.41, 5.74) is 1.55. The van der Waals surface area contributed by atoms with Gasteiger partial charge in [-0.25, -0.2) is 4.39 Å². The number of nitrogens with one attached hydrogen (secondary N) is 1. The third-order valence-electron chi connectivity index (χ3n) is 4.00. The second-order valence-corrected chi connectivity index (χ2v) is 6.28. The number of aryl methyl sites for hydroxylation is 1. The van der Waals surface area contributed by atoms with E-state index in [4.69, 9.17) is 4.74 Å². The van der Waals surface area contributed by atoms with Crippen LogP contribution in [0.5, 0.6) is 0 Å². The highest BCUT2D eigenvalue weighted by Gasteiger charge is 2.20. The summed E-state index contributed by atoms with van der Waals surface area (Å²) in [7, 11) is 0. The summed E-state index contributed by atoms with van der Waals surface area (Å²) in [5.74, 6) is 0.453. The summed E-state index contributed by atoms with van der Waals surface area (Å²) in [4.78, 5) is 0. The zero-order valence-corrected chi connectivity index (χ0v) is 12.9. The van der Waals surface area contributed by atoms with Crippen LogP contribution in [-0.2, 0) is 4.74 Å². The van der Waals surface area contributed by atoms with Crippen molar-refractivity contribution in [2.45, 2.75) is 51.7 Å². The minimum atomic E-state index is -0.578. The number of halogens is 1. The van der Waals surface area contributed by atoms with Gasteiger partial charge in [-0.3, -0.25) is 0 Å². The second kappa shape index (κ2) is 7.76. The molecular formula is C17H26FNO2. The lowest BCUT2D eigenvalue weighted by Gasteiger charge is -2.27. The van der Waals surface area contributed by atoms with Crippen LogP contribution in [-0.4, -0.2) is 30.5 Å². The minimum Gasteiger partial charge on any atom is -0.389 e. The van der Waals surface area contributed by atoms with E-state index in [0.29, 0.717) is 24.8 Å². The Bertz CT molecular complexity index is 432. The van der Waals surface area contributed by atoms with Gasteiger partial charge in [0, 0.05) is 12.2 Å². The maximum atomic E-state index is 13.3. The molecule has 0 amide bonds. The maximum Gasteiger partial charge on any atom is 0.125 e. The van der Waals surface area contributed by atoms with E-state index in [1.807, 2.05) is 13.0 Å². The summed E-state index contributed by atoms with van der Waals surface area (Å²) in [6, 6.07) is 4.78. The quantitative estimate of drug-likeness (QED) is 0.844. The molecule has 0 aromatic heterocycles. The molecule has 1 fully saturated rings. The van der Waals surface area contributed by atoms with Crippen molar-refractivity contribution in [3.8, 4) is 0 Å². The number of aliphatic hydroxyl groups is 1. The predicted molar refractivity (Wildman–Crippen MR) is 83.0 cm³/mol. The predicted octanol–water partition coefficient (Wildman–Crippen LogP) is 3.50. The normalized spacial score (nSPS) is 23.8. The van der Waals surface area contributed by atoms with Crippen molar-refractivity contribution in [1.29, 1.82) is 0 Å². The first kappa shape index (κ1) is 16.2. The van der Waals surface area contributed by atoms with E-state index in [2.05, 4.69) is 12.2 Å². The van der Waals surface area contributed by atoms with Crippen LogP contribution in [0.2, 0.25) is 0 Å². The lowest BCUT2D eigenvalue weighted by atomic mass is 9.89. The van der Waals surface area contributed by atoms with E-state index in [1.165, 1.54) is 25.0 Å². The van der Waals surface area contributed by atoms with Crippen molar-refractivity contribution in [3.05, 3.63) is 29.6 Å². The summed E-state index contributed by atoms with van der Waals surface area (Å²) in [6.07, 6.45) is 4.37. The Hall–Kier alpha value is -1.13. The number of aliphatic hydroxyl groups excluding tert-OH is 1. The average molecular weight is 295 g/mol. The summed E-state index contributed by atoms with van der Waals surface area (Å²) >= 11 is 0. The van der Waals surface area contributed by atoms with Crippen molar-refractivity contribution >= 4 is 5.69 Å². The molecule has 1 aliphatic rings. The van der Waals surface area contributed by atoms with E-state index in [-0.39, 0.29) is 11.9 Å². The van der Waals surface area contributed by atoms with Gasteiger partial charge in [0.05, 0.1) is 18.8 Å². The van der Waals surface area contributed by atoms with E-state index >= 15 is 0 Å². The molecule has 1 aliphatic carbocycles. The summed E-state index contributed by atoms with van der Waals surface area (Å²) < 4.78 is 19.0. The van der Waals surface area contributed by atoms with Crippen LogP contribution < -0.4 is 5.32 Å². The Morgan fingerprint density at radius 3 is 2.90 bits per heavy atom. The zero-order chi connectivity index (χ0) is 15.2. The first-order valence-electron chi connectivity index (χ1n) is 7.83. The van der Waals surface area contributed by atoms with Gasteiger partial charge in [0.1, 0.15) is 5.82 Å². The maximum absolute atomic E-state index is 13.3. The van der Waals surface area contributed by atoms with Crippen LogP contribution in [0, 0.1) is 18.7 Å². The topological polar surface area (TPSA) is 41.5 Å². The van der Waals surface area contributed by atoms with E-state index in [9.17, 15) is 9.50 Å². The van der Waals surface area contributed by atoms with Crippen molar-refractivity contribution in [2.24, 2.45) is 5.92 Å². The smallest absolute Gasteiger partial charge is 0.125 e. The Morgan fingerprint density at radius 1 is 1.38 bits per heavy atom. The Labute approximate surface area is 126 Å². The standard InChI is InChI=1S/C17H26FNO2/c1-12-4-3-5-17(8-12)21-11-16(20)10-19-15-7-13(2)6-14(18)9-15/h6-7,9,12,16-17,19-20H,3-5,8,10-11H2,1-2H3. The van der Waals surface area contributed by atoms with E-state index < -0.39 is 6.10 Å². The van der Waals surface area contributed by atoms with Gasteiger partial charge in [-0.15, -0.1) is 0 Å². The molecule has 21 heavy (non-hydrogen) atoms. The van der Waals surface area contributed by atoms with Gasteiger partial charge < -0.3 is 15.2 Å². The van der Waals surface area contributed by atoms with Crippen molar-refractivity contribution < 1.29 is 14.2 Å². The number of hydrogen-bond acceptors (Lipinski definition) is 3. The molecule has 3 atom stereocenters. The van der Waals surface area contributed by atoms with Gasteiger partial charge in [0.25, 0.3) is 0 Å². The molecular weight excluding hydrogens is 269 g/mol. The SMILES string of the molecule is Cc1cc(F)cc(NCC(O)COC2CCCC(C)C2)c1. The fourth-order valence-corrected chi connectivity index (χ4v) is 2.91. The van der Waals surface area contributed by atoms with Gasteiger partial charge in [-0.1, -0.05) is 19.8 Å². The minimum absolute atomic E-state index is 0.264. The molecule has 1 saturated carbocycles. The van der Waals surface area contributed by atoms with Crippen molar-refractivity contribution in [2.75, 3.05) is 18.5 Å². The fraction of sp³-hybridized carbons (Fsp3) is 0.647. The van der Waals surface area contributed by atoms with Gasteiger partial charge in [-0.05, 0) is 49.4 Å². The molecule has 3 nitrogen and oxygen atoms in total. The van der Waals surface area contributed by atoms with Gasteiger partial charge in [-0.2, -0.15) is 0 Å². The number of hydrogen-bond donors (Lipinski definition) is 2. The molecule has 2 rings (SSSR count). The van der Waals surface area contributed by atoms with Crippen LogP contribution in [0.1, 0.15) is 38.2 Å². The largest absolute Gasteiger partial charge is 0.389 e. The molecule has 1 aromatic rings. The first-order valence-corrected chi connectivity index (χ1v) is 7.83. The van der Waals surface area contributed by atoms with Crippen molar-refractivity contribution in [1.82, 2.24) is 0 Å². The number of rotatable bonds is 6. The van der Waals surface area contributed by atoms with Crippen LogP contribution in [0.15, 0.2) is 18.2 Å². The number of ether oxygens (including phenoxy) is 1. The molecule has 2 N–H and O–H groups in total. The fourth-order valence-electron chi connectivity index (χ4n) is 2.91. The summed E-state index contributed by atoms with van der Waals surface area (Å²) in [5, 5.41) is 13.0. The lowest BCUT2D eigenvalue weighted by molar-refractivity contribution is -0.0274. The molecule has 1 aromatic carbocycles. The third-order valence-corrected chi connectivity index (χ3v) is 4.00. The Balaban J connectivity index is 1.70. The Kier molecular flexibility index (Phi) is 6.00. The molecule has 0 aliphatic heterocycles. The first-order chi connectivity index (χ1) is 10.0. The van der Waals surface area contributed by atoms with Crippen LogP contribution >= 0.6 is 0 Å². The highest BCUT2D eigenvalue weighted by Crippen LogP contribution is 2.25. The van der Waals surface area contributed by atoms with E-state index in [1.54, 1.807) is 0 Å². The third kappa shape index (κ3) is 5.64. The lowest BCUT2D eigenvalue weighted by Crippen LogP contribution is -2.30. The molecule has 0 spiro atoms. The monoisotopic (exact) mass is 295 g/mol. The van der Waals surface area contributed by atoms with Gasteiger partial charge >= 0.3 is 0 Å². The molecule has 0 saturated heterocycles. The summed E-state index contributed by atoms with van der Waals surface area (Å²) in [6.45, 7) is 4.79. The van der Waals surface area contributed by atoms with Gasteiger partial charge in [0.15, 0.2) is 0 Å². The molecule has 0 bridgehead atoms. The van der Waals surface area contributed by atoms with E-state index in [0.717, 1.165) is 18.4 Å². The van der Waals surface area contributed by atoms with Crippen LogP contribution in [0.25, 0.3) is 0 Å². The Morgan fingerprint density at radius 2 is 2.19 bits per heavy atom. The molecule has 0 radical (unpaired) electrons. The number of anilines is 1.